The minimum absolute atomic E-state index is 0.346. The van der Waals surface area contributed by atoms with E-state index < -0.39 is 0 Å². The van der Waals surface area contributed by atoms with Crippen LogP contribution in [0.4, 0.5) is 5.82 Å². The topological polar surface area (TPSA) is 37.8 Å². The van der Waals surface area contributed by atoms with Crippen molar-refractivity contribution in [1.29, 1.82) is 0 Å². The lowest BCUT2D eigenvalue weighted by atomic mass is 10.1. The van der Waals surface area contributed by atoms with E-state index in [1.165, 1.54) is 11.1 Å². The fourth-order valence-electron chi connectivity index (χ4n) is 2.20. The van der Waals surface area contributed by atoms with Crippen molar-refractivity contribution < 1.29 is 0 Å². The van der Waals surface area contributed by atoms with Crippen LogP contribution < -0.4 is 5.32 Å². The van der Waals surface area contributed by atoms with Crippen molar-refractivity contribution in [3.63, 3.8) is 0 Å². The largest absolute Gasteiger partial charge is 0.366 e. The van der Waals surface area contributed by atoms with Gasteiger partial charge in [0.05, 0.1) is 0 Å². The van der Waals surface area contributed by atoms with Gasteiger partial charge in [0.25, 0.3) is 0 Å². The molecule has 1 N–H and O–H groups in total. The summed E-state index contributed by atoms with van der Waals surface area (Å²) >= 11 is 0. The lowest BCUT2D eigenvalue weighted by molar-refractivity contribution is 0.766. The molecule has 2 rings (SSSR count). The monoisotopic (exact) mass is 269 g/mol. The fourth-order valence-corrected chi connectivity index (χ4v) is 2.20. The number of hydrogen-bond acceptors (Lipinski definition) is 3. The van der Waals surface area contributed by atoms with Gasteiger partial charge in [0.1, 0.15) is 11.6 Å². The van der Waals surface area contributed by atoms with E-state index in [-0.39, 0.29) is 0 Å². The number of hydrogen-bond donors (Lipinski definition) is 1. The third-order valence-corrected chi connectivity index (χ3v) is 3.35. The number of benzene rings is 1. The van der Waals surface area contributed by atoms with Gasteiger partial charge >= 0.3 is 0 Å². The van der Waals surface area contributed by atoms with E-state index in [0.717, 1.165) is 30.3 Å². The maximum absolute atomic E-state index is 4.58. The molecule has 3 nitrogen and oxygen atoms in total. The van der Waals surface area contributed by atoms with Crippen LogP contribution in [0.15, 0.2) is 30.3 Å². The molecule has 0 aliphatic carbocycles. The van der Waals surface area contributed by atoms with Crippen molar-refractivity contribution in [2.45, 2.75) is 46.6 Å². The Balaban J connectivity index is 2.14. The lowest BCUT2D eigenvalue weighted by Gasteiger charge is -2.12. The Morgan fingerprint density at radius 1 is 1.10 bits per heavy atom. The van der Waals surface area contributed by atoms with Gasteiger partial charge < -0.3 is 5.32 Å². The van der Waals surface area contributed by atoms with Gasteiger partial charge in [0.2, 0.25) is 0 Å². The van der Waals surface area contributed by atoms with E-state index in [9.17, 15) is 0 Å². The van der Waals surface area contributed by atoms with Crippen molar-refractivity contribution in [1.82, 2.24) is 9.97 Å². The van der Waals surface area contributed by atoms with Gasteiger partial charge in [0, 0.05) is 24.2 Å². The minimum Gasteiger partial charge on any atom is -0.366 e. The quantitative estimate of drug-likeness (QED) is 0.888. The van der Waals surface area contributed by atoms with Gasteiger partial charge in [-0.05, 0) is 24.5 Å². The Bertz CT molecular complexity index is 576. The molecule has 3 heteroatoms. The summed E-state index contributed by atoms with van der Waals surface area (Å²) in [6.07, 6.45) is 1.05. The van der Waals surface area contributed by atoms with Crippen LogP contribution in [-0.2, 0) is 13.0 Å². The summed E-state index contributed by atoms with van der Waals surface area (Å²) in [5.74, 6) is 2.15. The molecule has 0 radical (unpaired) electrons. The summed E-state index contributed by atoms with van der Waals surface area (Å²) in [4.78, 5) is 9.05. The first-order valence-corrected chi connectivity index (χ1v) is 7.26. The summed E-state index contributed by atoms with van der Waals surface area (Å²) in [6.45, 7) is 9.23. The normalized spacial score (nSPS) is 10.8. The molecular weight excluding hydrogens is 246 g/mol. The van der Waals surface area contributed by atoms with Crippen LogP contribution in [0.5, 0.6) is 0 Å². The molecule has 1 heterocycles. The van der Waals surface area contributed by atoms with Crippen LogP contribution in [-0.4, -0.2) is 9.97 Å². The van der Waals surface area contributed by atoms with E-state index in [1.807, 2.05) is 13.0 Å². The predicted molar refractivity (Wildman–Crippen MR) is 84.0 cm³/mol. The molecule has 0 bridgehead atoms. The average molecular weight is 269 g/mol. The number of aryl methyl sites for hydroxylation is 2. The van der Waals surface area contributed by atoms with Crippen LogP contribution in [0.2, 0.25) is 0 Å². The molecule has 0 aliphatic rings. The second kappa shape index (κ2) is 6.51. The molecule has 20 heavy (non-hydrogen) atoms. The van der Waals surface area contributed by atoms with Gasteiger partial charge in [-0.15, -0.1) is 0 Å². The predicted octanol–water partition coefficient (Wildman–Crippen LogP) is 4.08. The molecule has 1 aromatic carbocycles. The Morgan fingerprint density at radius 3 is 2.45 bits per heavy atom. The third-order valence-electron chi connectivity index (χ3n) is 3.35. The maximum atomic E-state index is 4.58. The van der Waals surface area contributed by atoms with Crippen LogP contribution in [0.25, 0.3) is 0 Å². The Hall–Kier alpha value is -1.90. The maximum Gasteiger partial charge on any atom is 0.133 e. The summed E-state index contributed by atoms with van der Waals surface area (Å²) < 4.78 is 0. The SMILES string of the molecule is CCc1ccccc1CNc1cc(C)nc(C(C)C)n1. The van der Waals surface area contributed by atoms with Crippen LogP contribution in [0, 0.1) is 6.92 Å². The number of anilines is 1. The average Bonchev–Trinajstić information content (AvgIpc) is 2.44. The van der Waals surface area contributed by atoms with E-state index in [1.54, 1.807) is 0 Å². The molecule has 0 saturated carbocycles. The Morgan fingerprint density at radius 2 is 1.80 bits per heavy atom. The molecule has 0 unspecified atom stereocenters. The number of nitrogens with zero attached hydrogens (tertiary/aromatic N) is 2. The zero-order chi connectivity index (χ0) is 14.5. The molecule has 0 spiro atoms. The Labute approximate surface area is 121 Å². The summed E-state index contributed by atoms with van der Waals surface area (Å²) in [7, 11) is 0. The highest BCUT2D eigenvalue weighted by Crippen LogP contribution is 2.16. The molecule has 0 fully saturated rings. The molecular formula is C17H23N3. The standard InChI is InChI=1S/C17H23N3/c1-5-14-8-6-7-9-15(14)11-18-16-10-13(4)19-17(20-16)12(2)3/h6-10,12H,5,11H2,1-4H3,(H,18,19,20). The summed E-state index contributed by atoms with van der Waals surface area (Å²) in [6, 6.07) is 10.5. The van der Waals surface area contributed by atoms with Gasteiger partial charge in [-0.25, -0.2) is 9.97 Å². The van der Waals surface area contributed by atoms with Crippen LogP contribution in [0.3, 0.4) is 0 Å². The van der Waals surface area contributed by atoms with Crippen molar-refractivity contribution in [3.8, 4) is 0 Å². The highest BCUT2D eigenvalue weighted by Gasteiger charge is 2.06. The molecule has 2 aromatic rings. The molecule has 0 saturated heterocycles. The first-order valence-electron chi connectivity index (χ1n) is 7.26. The van der Waals surface area contributed by atoms with E-state index in [2.05, 4.69) is 60.3 Å². The zero-order valence-corrected chi connectivity index (χ0v) is 12.8. The first-order chi connectivity index (χ1) is 9.60. The van der Waals surface area contributed by atoms with Crippen molar-refractivity contribution >= 4 is 5.82 Å². The van der Waals surface area contributed by atoms with Gasteiger partial charge in [-0.3, -0.25) is 0 Å². The lowest BCUT2D eigenvalue weighted by Crippen LogP contribution is -2.07. The van der Waals surface area contributed by atoms with Crippen LogP contribution in [0.1, 0.15) is 49.3 Å². The van der Waals surface area contributed by atoms with Gasteiger partial charge in [-0.2, -0.15) is 0 Å². The number of aromatic nitrogens is 2. The molecule has 0 atom stereocenters. The Kier molecular flexibility index (Phi) is 4.72. The first kappa shape index (κ1) is 14.5. The van der Waals surface area contributed by atoms with Crippen molar-refractivity contribution in [2.75, 3.05) is 5.32 Å². The van der Waals surface area contributed by atoms with Crippen molar-refractivity contribution in [2.24, 2.45) is 0 Å². The molecule has 0 amide bonds. The zero-order valence-electron chi connectivity index (χ0n) is 12.8. The van der Waals surface area contributed by atoms with E-state index in [4.69, 9.17) is 0 Å². The smallest absolute Gasteiger partial charge is 0.133 e. The van der Waals surface area contributed by atoms with Gasteiger partial charge in [0.15, 0.2) is 0 Å². The number of rotatable bonds is 5. The highest BCUT2D eigenvalue weighted by atomic mass is 15.0. The molecule has 106 valence electrons. The fraction of sp³-hybridized carbons (Fsp3) is 0.412. The van der Waals surface area contributed by atoms with Crippen LogP contribution >= 0.6 is 0 Å². The highest BCUT2D eigenvalue weighted by molar-refractivity contribution is 5.39. The molecule has 1 aromatic heterocycles. The van der Waals surface area contributed by atoms with E-state index in [0.29, 0.717) is 5.92 Å². The summed E-state index contributed by atoms with van der Waals surface area (Å²) in [5, 5.41) is 3.42. The third kappa shape index (κ3) is 3.56. The molecule has 0 aliphatic heterocycles. The second-order valence-electron chi connectivity index (χ2n) is 5.38. The van der Waals surface area contributed by atoms with E-state index >= 15 is 0 Å². The number of nitrogens with one attached hydrogen (secondary N) is 1. The minimum atomic E-state index is 0.346. The van der Waals surface area contributed by atoms with Crippen molar-refractivity contribution in [3.05, 3.63) is 53.0 Å². The summed E-state index contributed by atoms with van der Waals surface area (Å²) in [5.41, 5.74) is 3.72. The second-order valence-corrected chi connectivity index (χ2v) is 5.38. The van der Waals surface area contributed by atoms with Gasteiger partial charge in [-0.1, -0.05) is 45.0 Å².